The molecule has 0 bridgehead atoms. The van der Waals surface area contributed by atoms with Crippen molar-refractivity contribution < 1.29 is 18.7 Å². The topological polar surface area (TPSA) is 43.8 Å². The Morgan fingerprint density at radius 2 is 1.95 bits per heavy atom. The summed E-state index contributed by atoms with van der Waals surface area (Å²) in [6.07, 6.45) is -0.279. The van der Waals surface area contributed by atoms with Crippen molar-refractivity contribution in [2.45, 2.75) is 6.10 Å². The lowest BCUT2D eigenvalue weighted by Crippen LogP contribution is -2.46. The molecule has 1 fully saturated rings. The predicted octanol–water partition coefficient (Wildman–Crippen LogP) is 0.772. The van der Waals surface area contributed by atoms with Crippen molar-refractivity contribution in [2.24, 2.45) is 0 Å². The molecule has 19 heavy (non-hydrogen) atoms. The molecule has 1 unspecified atom stereocenters. The van der Waals surface area contributed by atoms with Crippen molar-refractivity contribution in [2.75, 3.05) is 32.7 Å². The Morgan fingerprint density at radius 1 is 1.26 bits per heavy atom. The lowest BCUT2D eigenvalue weighted by atomic mass is 10.1. The molecule has 1 aromatic rings. The van der Waals surface area contributed by atoms with E-state index in [9.17, 15) is 18.7 Å². The van der Waals surface area contributed by atoms with Crippen molar-refractivity contribution in [3.05, 3.63) is 35.4 Å². The van der Waals surface area contributed by atoms with Gasteiger partial charge in [0.2, 0.25) is 6.41 Å². The Morgan fingerprint density at radius 3 is 2.58 bits per heavy atom. The maximum absolute atomic E-state index is 13.5. The van der Waals surface area contributed by atoms with Crippen LogP contribution in [0, 0.1) is 11.6 Å². The van der Waals surface area contributed by atoms with Gasteiger partial charge in [-0.3, -0.25) is 9.69 Å². The Kier molecular flexibility index (Phi) is 4.44. The zero-order chi connectivity index (χ0) is 13.8. The summed E-state index contributed by atoms with van der Waals surface area (Å²) >= 11 is 0. The van der Waals surface area contributed by atoms with E-state index in [1.807, 2.05) is 4.90 Å². The van der Waals surface area contributed by atoms with Crippen molar-refractivity contribution in [1.82, 2.24) is 9.80 Å². The highest BCUT2D eigenvalue weighted by molar-refractivity contribution is 5.47. The largest absolute Gasteiger partial charge is 0.387 e. The Hall–Kier alpha value is -1.53. The summed E-state index contributed by atoms with van der Waals surface area (Å²) in [5.41, 5.74) is -0.0298. The van der Waals surface area contributed by atoms with Crippen LogP contribution in [0.15, 0.2) is 18.2 Å². The highest BCUT2D eigenvalue weighted by Crippen LogP contribution is 2.19. The summed E-state index contributed by atoms with van der Waals surface area (Å²) in [7, 11) is 0. The molecule has 6 heteroatoms. The minimum absolute atomic E-state index is 0.0298. The number of rotatable bonds is 4. The maximum atomic E-state index is 13.5. The second-order valence-corrected chi connectivity index (χ2v) is 4.62. The molecule has 1 aliphatic heterocycles. The molecule has 1 aromatic carbocycles. The summed E-state index contributed by atoms with van der Waals surface area (Å²) in [4.78, 5) is 14.1. The number of carbonyl (C=O) groups excluding carboxylic acids is 1. The number of hydrogen-bond donors (Lipinski definition) is 1. The molecule has 1 aliphatic rings. The van der Waals surface area contributed by atoms with Crippen molar-refractivity contribution in [3.63, 3.8) is 0 Å². The maximum Gasteiger partial charge on any atom is 0.209 e. The van der Waals surface area contributed by atoms with Gasteiger partial charge in [-0.05, 0) is 18.2 Å². The highest BCUT2D eigenvalue weighted by atomic mass is 19.1. The second-order valence-electron chi connectivity index (χ2n) is 4.62. The molecule has 0 aliphatic carbocycles. The Bertz CT molecular complexity index is 448. The molecule has 0 spiro atoms. The molecule has 104 valence electrons. The van der Waals surface area contributed by atoms with Gasteiger partial charge in [0, 0.05) is 38.3 Å². The van der Waals surface area contributed by atoms with E-state index in [1.54, 1.807) is 4.90 Å². The zero-order valence-electron chi connectivity index (χ0n) is 10.4. The summed E-state index contributed by atoms with van der Waals surface area (Å²) < 4.78 is 26.5. The van der Waals surface area contributed by atoms with Gasteiger partial charge < -0.3 is 10.0 Å². The van der Waals surface area contributed by atoms with Gasteiger partial charge >= 0.3 is 0 Å². The number of halogens is 2. The van der Waals surface area contributed by atoms with Gasteiger partial charge in [0.05, 0.1) is 6.10 Å². The number of hydrogen-bond acceptors (Lipinski definition) is 3. The monoisotopic (exact) mass is 270 g/mol. The van der Waals surface area contributed by atoms with E-state index >= 15 is 0 Å². The minimum atomic E-state index is -1.07. The molecule has 2 rings (SSSR count). The van der Waals surface area contributed by atoms with Crippen LogP contribution in [0.1, 0.15) is 11.7 Å². The fourth-order valence-electron chi connectivity index (χ4n) is 2.16. The highest BCUT2D eigenvalue weighted by Gasteiger charge is 2.21. The molecule has 0 aromatic heterocycles. The summed E-state index contributed by atoms with van der Waals surface area (Å²) in [5, 5.41) is 9.97. The summed E-state index contributed by atoms with van der Waals surface area (Å²) in [5.74, 6) is -1.18. The first-order valence-corrected chi connectivity index (χ1v) is 6.15. The predicted molar refractivity (Wildman–Crippen MR) is 65.4 cm³/mol. The average Bonchev–Trinajstić information content (AvgIpc) is 2.42. The van der Waals surface area contributed by atoms with Crippen LogP contribution in [0.25, 0.3) is 0 Å². The van der Waals surface area contributed by atoms with Crippen LogP contribution in [0.3, 0.4) is 0 Å². The van der Waals surface area contributed by atoms with Gasteiger partial charge in [-0.25, -0.2) is 8.78 Å². The molecule has 1 atom stereocenters. The molecular weight excluding hydrogens is 254 g/mol. The molecule has 1 amide bonds. The fraction of sp³-hybridized carbons (Fsp3) is 0.462. The third kappa shape index (κ3) is 3.48. The second kappa shape index (κ2) is 6.08. The number of carbonyl (C=O) groups is 1. The van der Waals surface area contributed by atoms with Crippen molar-refractivity contribution in [1.29, 1.82) is 0 Å². The first-order valence-electron chi connectivity index (χ1n) is 6.15. The van der Waals surface area contributed by atoms with Crippen LogP contribution in [0.4, 0.5) is 8.78 Å². The van der Waals surface area contributed by atoms with E-state index in [4.69, 9.17) is 0 Å². The Labute approximate surface area is 110 Å². The molecular formula is C13H16F2N2O2. The zero-order valence-corrected chi connectivity index (χ0v) is 10.4. The smallest absolute Gasteiger partial charge is 0.209 e. The van der Waals surface area contributed by atoms with Gasteiger partial charge in [-0.1, -0.05) is 0 Å². The number of benzene rings is 1. The number of amides is 1. The van der Waals surface area contributed by atoms with Crippen LogP contribution >= 0.6 is 0 Å². The lowest BCUT2D eigenvalue weighted by Gasteiger charge is -2.33. The van der Waals surface area contributed by atoms with Crippen LogP contribution < -0.4 is 0 Å². The number of aliphatic hydroxyl groups is 1. The molecule has 4 nitrogen and oxygen atoms in total. The van der Waals surface area contributed by atoms with Gasteiger partial charge in [-0.2, -0.15) is 0 Å². The van der Waals surface area contributed by atoms with Crippen LogP contribution in [-0.2, 0) is 4.79 Å². The number of aliphatic hydroxyl groups excluding tert-OH is 1. The third-order valence-corrected chi connectivity index (χ3v) is 3.30. The van der Waals surface area contributed by atoms with Gasteiger partial charge in [-0.15, -0.1) is 0 Å². The fourth-order valence-corrected chi connectivity index (χ4v) is 2.16. The summed E-state index contributed by atoms with van der Waals surface area (Å²) in [6, 6.07) is 3.05. The van der Waals surface area contributed by atoms with E-state index in [1.165, 1.54) is 0 Å². The average molecular weight is 270 g/mol. The van der Waals surface area contributed by atoms with E-state index in [0.29, 0.717) is 26.2 Å². The van der Waals surface area contributed by atoms with Crippen LogP contribution in [0.2, 0.25) is 0 Å². The molecule has 0 radical (unpaired) electrons. The minimum Gasteiger partial charge on any atom is -0.387 e. The SMILES string of the molecule is O=CN1CCN(CC(O)c2cc(F)ccc2F)CC1. The first kappa shape index (κ1) is 13.9. The van der Waals surface area contributed by atoms with Crippen LogP contribution in [0.5, 0.6) is 0 Å². The number of nitrogens with zero attached hydrogens (tertiary/aromatic N) is 2. The Balaban J connectivity index is 1.96. The van der Waals surface area contributed by atoms with Gasteiger partial charge in [0.25, 0.3) is 0 Å². The third-order valence-electron chi connectivity index (χ3n) is 3.30. The molecule has 1 heterocycles. The number of β-amino-alcohol motifs (C(OH)–C–C–N with tert-alkyl or cyclic N) is 1. The number of piperazine rings is 1. The normalized spacial score (nSPS) is 18.4. The van der Waals surface area contributed by atoms with Crippen molar-refractivity contribution in [3.8, 4) is 0 Å². The first-order chi connectivity index (χ1) is 9.10. The van der Waals surface area contributed by atoms with Gasteiger partial charge in [0.1, 0.15) is 11.6 Å². The quantitative estimate of drug-likeness (QED) is 0.822. The van der Waals surface area contributed by atoms with Crippen LogP contribution in [-0.4, -0.2) is 54.0 Å². The molecule has 1 saturated heterocycles. The van der Waals surface area contributed by atoms with E-state index in [0.717, 1.165) is 24.6 Å². The van der Waals surface area contributed by atoms with Gasteiger partial charge in [0.15, 0.2) is 0 Å². The van der Waals surface area contributed by atoms with E-state index in [-0.39, 0.29) is 12.1 Å². The van der Waals surface area contributed by atoms with E-state index in [2.05, 4.69) is 0 Å². The summed E-state index contributed by atoms with van der Waals surface area (Å²) in [6.45, 7) is 2.64. The lowest BCUT2D eigenvalue weighted by molar-refractivity contribution is -0.119. The van der Waals surface area contributed by atoms with E-state index < -0.39 is 17.7 Å². The molecule has 1 N–H and O–H groups in total. The molecule has 0 saturated carbocycles. The standard InChI is InChI=1S/C13H16F2N2O2/c14-10-1-2-12(15)11(7-10)13(19)8-16-3-5-17(9-18)6-4-16/h1-2,7,9,13,19H,3-6,8H2. The van der Waals surface area contributed by atoms with Crippen molar-refractivity contribution >= 4 is 6.41 Å².